The number of nitrogens with one attached hydrogen (secondary N) is 1. The van der Waals surface area contributed by atoms with Crippen LogP contribution in [0.15, 0.2) is 27.1 Å². The molecule has 1 N–H and O–H groups in total. The quantitative estimate of drug-likeness (QED) is 0.859. The van der Waals surface area contributed by atoms with Crippen LogP contribution in [0.5, 0.6) is 0 Å². The molecular formula is C12H17Br2ClN2. The van der Waals surface area contributed by atoms with E-state index in [0.717, 1.165) is 28.6 Å². The van der Waals surface area contributed by atoms with Crippen molar-refractivity contribution in [2.45, 2.75) is 19.0 Å². The maximum absolute atomic E-state index is 3.54. The van der Waals surface area contributed by atoms with Crippen molar-refractivity contribution in [2.75, 3.05) is 20.1 Å². The van der Waals surface area contributed by atoms with E-state index in [9.17, 15) is 0 Å². The van der Waals surface area contributed by atoms with Crippen LogP contribution in [0.1, 0.15) is 12.0 Å². The Labute approximate surface area is 126 Å². The Morgan fingerprint density at radius 1 is 1.35 bits per heavy atom. The Bertz CT molecular complexity index is 368. The van der Waals surface area contributed by atoms with E-state index in [1.54, 1.807) is 0 Å². The lowest BCUT2D eigenvalue weighted by atomic mass is 10.1. The summed E-state index contributed by atoms with van der Waals surface area (Å²) in [5, 5.41) is 3.40. The molecule has 0 bridgehead atoms. The number of rotatable bonds is 3. The van der Waals surface area contributed by atoms with E-state index >= 15 is 0 Å². The van der Waals surface area contributed by atoms with Crippen molar-refractivity contribution in [1.82, 2.24) is 10.2 Å². The lowest BCUT2D eigenvalue weighted by molar-refractivity contribution is 0.249. The summed E-state index contributed by atoms with van der Waals surface area (Å²) in [6.07, 6.45) is 1.26. The fourth-order valence-electron chi connectivity index (χ4n) is 2.07. The first-order valence-electron chi connectivity index (χ1n) is 5.51. The molecule has 1 heterocycles. The monoisotopic (exact) mass is 382 g/mol. The van der Waals surface area contributed by atoms with E-state index in [2.05, 4.69) is 67.3 Å². The predicted molar refractivity (Wildman–Crippen MR) is 81.8 cm³/mol. The van der Waals surface area contributed by atoms with Gasteiger partial charge in [0.15, 0.2) is 0 Å². The zero-order valence-electron chi connectivity index (χ0n) is 9.75. The van der Waals surface area contributed by atoms with Crippen LogP contribution in [0.4, 0.5) is 0 Å². The van der Waals surface area contributed by atoms with Gasteiger partial charge in [-0.1, -0.05) is 6.07 Å². The third-order valence-electron chi connectivity index (χ3n) is 3.07. The van der Waals surface area contributed by atoms with Crippen molar-refractivity contribution in [3.8, 4) is 0 Å². The number of benzene rings is 1. The first kappa shape index (κ1) is 15.4. The maximum atomic E-state index is 3.54. The molecular weight excluding hydrogens is 367 g/mol. The topological polar surface area (TPSA) is 15.3 Å². The lowest BCUT2D eigenvalue weighted by Crippen LogP contribution is -2.32. The van der Waals surface area contributed by atoms with Gasteiger partial charge < -0.3 is 5.32 Å². The summed E-state index contributed by atoms with van der Waals surface area (Å²) in [5.74, 6) is 0. The average Bonchev–Trinajstić information content (AvgIpc) is 2.77. The zero-order chi connectivity index (χ0) is 11.5. The van der Waals surface area contributed by atoms with E-state index in [0.29, 0.717) is 6.04 Å². The fourth-order valence-corrected chi connectivity index (χ4v) is 2.74. The lowest BCUT2D eigenvalue weighted by Gasteiger charge is -2.23. The van der Waals surface area contributed by atoms with Crippen molar-refractivity contribution >= 4 is 44.3 Å². The molecule has 1 fully saturated rings. The third kappa shape index (κ3) is 4.21. The van der Waals surface area contributed by atoms with Crippen LogP contribution < -0.4 is 5.32 Å². The minimum atomic E-state index is 0. The number of nitrogens with zero attached hydrogens (tertiary/aromatic N) is 1. The Morgan fingerprint density at radius 3 is 2.71 bits per heavy atom. The molecule has 1 aromatic rings. The highest BCUT2D eigenvalue weighted by molar-refractivity contribution is 9.13. The van der Waals surface area contributed by atoms with Gasteiger partial charge in [-0.3, -0.25) is 4.90 Å². The summed E-state index contributed by atoms with van der Waals surface area (Å²) in [6.45, 7) is 3.28. The zero-order valence-corrected chi connectivity index (χ0v) is 13.7. The molecule has 5 heteroatoms. The second kappa shape index (κ2) is 7.10. The van der Waals surface area contributed by atoms with Crippen molar-refractivity contribution < 1.29 is 0 Å². The second-order valence-electron chi connectivity index (χ2n) is 4.31. The molecule has 1 aromatic carbocycles. The average molecular weight is 385 g/mol. The molecule has 2 nitrogen and oxygen atoms in total. The van der Waals surface area contributed by atoms with Crippen LogP contribution in [0.2, 0.25) is 0 Å². The second-order valence-corrected chi connectivity index (χ2v) is 6.02. The van der Waals surface area contributed by atoms with Gasteiger partial charge in [0.1, 0.15) is 0 Å². The van der Waals surface area contributed by atoms with Gasteiger partial charge in [0, 0.05) is 28.1 Å². The highest BCUT2D eigenvalue weighted by atomic mass is 79.9. The maximum Gasteiger partial charge on any atom is 0.0320 e. The Hall–Kier alpha value is 0.390. The summed E-state index contributed by atoms with van der Waals surface area (Å²) >= 11 is 7.03. The first-order chi connectivity index (χ1) is 7.66. The van der Waals surface area contributed by atoms with Crippen LogP contribution in [-0.2, 0) is 6.54 Å². The largest absolute Gasteiger partial charge is 0.315 e. The van der Waals surface area contributed by atoms with E-state index in [1.165, 1.54) is 12.0 Å². The van der Waals surface area contributed by atoms with Crippen LogP contribution >= 0.6 is 44.3 Å². The minimum Gasteiger partial charge on any atom is -0.315 e. The van der Waals surface area contributed by atoms with E-state index in [1.807, 2.05) is 0 Å². The van der Waals surface area contributed by atoms with Crippen LogP contribution in [-0.4, -0.2) is 31.1 Å². The van der Waals surface area contributed by atoms with Gasteiger partial charge >= 0.3 is 0 Å². The summed E-state index contributed by atoms with van der Waals surface area (Å²) in [7, 11) is 2.20. The molecule has 2 rings (SSSR count). The standard InChI is InChI=1S/C12H16Br2N2.ClH/c1-16(10-4-5-15-7-10)8-9-2-3-11(13)12(14)6-9;/h2-3,6,10,15H,4-5,7-8H2,1H3;1H. The molecule has 96 valence electrons. The molecule has 1 aliphatic heterocycles. The molecule has 0 spiro atoms. The molecule has 1 unspecified atom stereocenters. The molecule has 0 aliphatic carbocycles. The minimum absolute atomic E-state index is 0. The molecule has 1 atom stereocenters. The van der Waals surface area contributed by atoms with Gasteiger partial charge in [-0.15, -0.1) is 12.4 Å². The molecule has 0 aromatic heterocycles. The van der Waals surface area contributed by atoms with Gasteiger partial charge in [0.2, 0.25) is 0 Å². The van der Waals surface area contributed by atoms with Gasteiger partial charge in [-0.05, 0) is 69.6 Å². The van der Waals surface area contributed by atoms with Gasteiger partial charge in [0.25, 0.3) is 0 Å². The molecule has 1 saturated heterocycles. The molecule has 0 radical (unpaired) electrons. The van der Waals surface area contributed by atoms with Crippen molar-refractivity contribution in [1.29, 1.82) is 0 Å². The SMILES string of the molecule is CN(Cc1ccc(Br)c(Br)c1)C1CCNC1.Cl. The predicted octanol–water partition coefficient (Wildman–Crippen LogP) is 3.43. The molecule has 0 amide bonds. The van der Waals surface area contributed by atoms with Gasteiger partial charge in [-0.2, -0.15) is 0 Å². The number of hydrogen-bond donors (Lipinski definition) is 1. The van der Waals surface area contributed by atoms with Gasteiger partial charge in [-0.25, -0.2) is 0 Å². The number of likely N-dealkylation sites (N-methyl/N-ethyl adjacent to an activating group) is 1. The summed E-state index contributed by atoms with van der Waals surface area (Å²) in [6, 6.07) is 7.14. The van der Waals surface area contributed by atoms with Gasteiger partial charge in [0.05, 0.1) is 0 Å². The fraction of sp³-hybridized carbons (Fsp3) is 0.500. The highest BCUT2D eigenvalue weighted by Crippen LogP contribution is 2.24. The summed E-state index contributed by atoms with van der Waals surface area (Å²) in [5.41, 5.74) is 1.35. The Morgan fingerprint density at radius 2 is 2.12 bits per heavy atom. The van der Waals surface area contributed by atoms with Crippen molar-refractivity contribution in [3.63, 3.8) is 0 Å². The molecule has 0 saturated carbocycles. The van der Waals surface area contributed by atoms with E-state index in [-0.39, 0.29) is 12.4 Å². The smallest absolute Gasteiger partial charge is 0.0320 e. The number of hydrogen-bond acceptors (Lipinski definition) is 2. The van der Waals surface area contributed by atoms with Crippen LogP contribution in [0.3, 0.4) is 0 Å². The van der Waals surface area contributed by atoms with Crippen LogP contribution in [0.25, 0.3) is 0 Å². The van der Waals surface area contributed by atoms with E-state index in [4.69, 9.17) is 0 Å². The Balaban J connectivity index is 0.00000144. The van der Waals surface area contributed by atoms with E-state index < -0.39 is 0 Å². The van der Waals surface area contributed by atoms with Crippen LogP contribution in [0, 0.1) is 0 Å². The van der Waals surface area contributed by atoms with Crippen molar-refractivity contribution in [3.05, 3.63) is 32.7 Å². The summed E-state index contributed by atoms with van der Waals surface area (Å²) in [4.78, 5) is 2.43. The third-order valence-corrected chi connectivity index (χ3v) is 4.95. The summed E-state index contributed by atoms with van der Waals surface area (Å²) < 4.78 is 2.24. The highest BCUT2D eigenvalue weighted by Gasteiger charge is 2.18. The first-order valence-corrected chi connectivity index (χ1v) is 7.10. The molecule has 1 aliphatic rings. The van der Waals surface area contributed by atoms with Crippen molar-refractivity contribution in [2.24, 2.45) is 0 Å². The normalized spacial score (nSPS) is 19.4. The molecule has 17 heavy (non-hydrogen) atoms. The number of halogens is 3. The Kier molecular flexibility index (Phi) is 6.45.